The van der Waals surface area contributed by atoms with Gasteiger partial charge in [0.15, 0.2) is 5.51 Å². The van der Waals surface area contributed by atoms with Gasteiger partial charge in [0.2, 0.25) is 0 Å². The lowest BCUT2D eigenvalue weighted by Crippen LogP contribution is -1.89. The predicted octanol–water partition coefficient (Wildman–Crippen LogP) is 2.12. The third-order valence-electron chi connectivity index (χ3n) is 1.84. The van der Waals surface area contributed by atoms with Gasteiger partial charge in [0.1, 0.15) is 5.01 Å². The summed E-state index contributed by atoms with van der Waals surface area (Å²) in [4.78, 5) is 0. The fourth-order valence-electron chi connectivity index (χ4n) is 1.17. The van der Waals surface area contributed by atoms with Crippen LogP contribution in [0, 0.1) is 5.51 Å². The van der Waals surface area contributed by atoms with E-state index in [1.165, 1.54) is 16.9 Å². The van der Waals surface area contributed by atoms with E-state index in [-0.39, 0.29) is 0 Å². The lowest BCUT2D eigenvalue weighted by molar-refractivity contribution is 0.903. The molecule has 0 saturated heterocycles. The molecule has 0 unspecified atom stereocenters. The molecule has 1 aromatic heterocycles. The summed E-state index contributed by atoms with van der Waals surface area (Å²) in [7, 11) is 0. The third-order valence-corrected chi connectivity index (χ3v) is 2.53. The first kappa shape index (κ1) is 8.38. The van der Waals surface area contributed by atoms with Gasteiger partial charge in [-0.2, -0.15) is 0 Å². The molecule has 1 heterocycles. The summed E-state index contributed by atoms with van der Waals surface area (Å²) in [5.74, 6) is 0. The fourth-order valence-corrected chi connectivity index (χ4v) is 1.64. The van der Waals surface area contributed by atoms with E-state index in [0.29, 0.717) is 0 Å². The van der Waals surface area contributed by atoms with Crippen LogP contribution in [-0.2, 0) is 12.8 Å². The van der Waals surface area contributed by atoms with Gasteiger partial charge < -0.3 is 0 Å². The Kier molecular flexibility index (Phi) is 2.67. The highest BCUT2D eigenvalue weighted by Gasteiger charge is 1.97. The van der Waals surface area contributed by atoms with Gasteiger partial charge in [-0.05, 0) is 12.0 Å². The van der Waals surface area contributed by atoms with E-state index in [0.717, 1.165) is 17.8 Å². The van der Waals surface area contributed by atoms with Crippen molar-refractivity contribution in [1.29, 1.82) is 0 Å². The number of benzene rings is 1. The van der Waals surface area contributed by atoms with E-state index >= 15 is 0 Å². The Morgan fingerprint density at radius 2 is 2.00 bits per heavy atom. The topological polar surface area (TPSA) is 25.8 Å². The van der Waals surface area contributed by atoms with E-state index in [1.807, 2.05) is 6.07 Å². The van der Waals surface area contributed by atoms with Crippen LogP contribution in [0.4, 0.5) is 0 Å². The Balaban J connectivity index is 1.94. The van der Waals surface area contributed by atoms with Crippen molar-refractivity contribution in [2.24, 2.45) is 0 Å². The summed E-state index contributed by atoms with van der Waals surface area (Å²) in [6.45, 7) is 0. The molecule has 0 aliphatic rings. The zero-order chi connectivity index (χ0) is 8.93. The maximum Gasteiger partial charge on any atom is 0.178 e. The molecule has 0 amide bonds. The van der Waals surface area contributed by atoms with E-state index in [2.05, 4.69) is 40.0 Å². The molecular formula is C10H9N2S. The van der Waals surface area contributed by atoms with E-state index in [9.17, 15) is 0 Å². The Morgan fingerprint density at radius 1 is 1.15 bits per heavy atom. The van der Waals surface area contributed by atoms with Crippen LogP contribution in [0.3, 0.4) is 0 Å². The largest absolute Gasteiger partial charge is 0.178 e. The Hall–Kier alpha value is -1.22. The molecule has 65 valence electrons. The molecule has 0 bridgehead atoms. The van der Waals surface area contributed by atoms with Crippen molar-refractivity contribution in [3.8, 4) is 0 Å². The third kappa shape index (κ3) is 2.36. The maximum atomic E-state index is 3.94. The molecule has 2 nitrogen and oxygen atoms in total. The molecule has 1 radical (unpaired) electrons. The van der Waals surface area contributed by atoms with Gasteiger partial charge in [-0.1, -0.05) is 41.7 Å². The van der Waals surface area contributed by atoms with Crippen molar-refractivity contribution in [2.75, 3.05) is 0 Å². The fraction of sp³-hybridized carbons (Fsp3) is 0.200. The zero-order valence-electron chi connectivity index (χ0n) is 7.10. The number of aryl methyl sites for hydroxylation is 2. The summed E-state index contributed by atoms with van der Waals surface area (Å²) >= 11 is 1.49. The standard InChI is InChI=1S/C10H9N2S/c1-2-4-9(5-3-1)6-7-10-12-11-8-13-10/h1-5H,6-7H2. The monoisotopic (exact) mass is 189 g/mol. The van der Waals surface area contributed by atoms with Crippen molar-refractivity contribution in [2.45, 2.75) is 12.8 Å². The number of aromatic nitrogens is 2. The van der Waals surface area contributed by atoms with Crippen LogP contribution in [0.5, 0.6) is 0 Å². The van der Waals surface area contributed by atoms with Crippen LogP contribution in [0.15, 0.2) is 30.3 Å². The summed E-state index contributed by atoms with van der Waals surface area (Å²) in [5, 5.41) is 8.68. The average molecular weight is 189 g/mol. The van der Waals surface area contributed by atoms with Crippen LogP contribution in [0.25, 0.3) is 0 Å². The highest BCUT2D eigenvalue weighted by atomic mass is 32.1. The lowest BCUT2D eigenvalue weighted by Gasteiger charge is -1.96. The van der Waals surface area contributed by atoms with Gasteiger partial charge in [-0.3, -0.25) is 0 Å². The highest BCUT2D eigenvalue weighted by molar-refractivity contribution is 7.08. The van der Waals surface area contributed by atoms with Crippen LogP contribution in [-0.4, -0.2) is 10.2 Å². The SMILES string of the molecule is [c]1nnc(CCc2ccccc2)s1. The van der Waals surface area contributed by atoms with Crippen molar-refractivity contribution in [3.05, 3.63) is 46.4 Å². The van der Waals surface area contributed by atoms with Crippen molar-refractivity contribution < 1.29 is 0 Å². The van der Waals surface area contributed by atoms with Crippen molar-refractivity contribution in [1.82, 2.24) is 10.2 Å². The summed E-state index contributed by atoms with van der Waals surface area (Å²) in [6.07, 6.45) is 2.00. The minimum absolute atomic E-state index is 0.963. The Labute approximate surface area is 81.3 Å². The smallest absolute Gasteiger partial charge is 0.143 e. The first-order valence-corrected chi connectivity index (χ1v) is 4.99. The summed E-state index contributed by atoms with van der Waals surface area (Å²) in [5.41, 5.74) is 4.09. The number of hydrogen-bond donors (Lipinski definition) is 0. The molecule has 0 saturated carbocycles. The Bertz CT molecular complexity index is 342. The van der Waals surface area contributed by atoms with Gasteiger partial charge in [-0.25, -0.2) is 0 Å². The van der Waals surface area contributed by atoms with Crippen molar-refractivity contribution in [3.63, 3.8) is 0 Å². The van der Waals surface area contributed by atoms with Crippen LogP contribution < -0.4 is 0 Å². The minimum Gasteiger partial charge on any atom is -0.143 e. The average Bonchev–Trinajstić information content (AvgIpc) is 2.69. The van der Waals surface area contributed by atoms with Crippen molar-refractivity contribution >= 4 is 11.3 Å². The van der Waals surface area contributed by atoms with Gasteiger partial charge in [0, 0.05) is 6.42 Å². The number of hydrogen-bond acceptors (Lipinski definition) is 3. The molecule has 2 aromatic rings. The number of rotatable bonds is 3. The zero-order valence-corrected chi connectivity index (χ0v) is 7.92. The molecule has 2 rings (SSSR count). The molecule has 0 spiro atoms. The highest BCUT2D eigenvalue weighted by Crippen LogP contribution is 2.07. The van der Waals surface area contributed by atoms with E-state index in [1.54, 1.807) is 0 Å². The van der Waals surface area contributed by atoms with Gasteiger partial charge in [-0.15, -0.1) is 10.2 Å². The molecule has 0 aliphatic heterocycles. The van der Waals surface area contributed by atoms with Gasteiger partial charge >= 0.3 is 0 Å². The molecule has 0 atom stereocenters. The molecule has 13 heavy (non-hydrogen) atoms. The second kappa shape index (κ2) is 4.14. The van der Waals surface area contributed by atoms with E-state index in [4.69, 9.17) is 0 Å². The molecular weight excluding hydrogens is 180 g/mol. The summed E-state index contributed by atoms with van der Waals surface area (Å²) < 4.78 is 0. The predicted molar refractivity (Wildman–Crippen MR) is 52.6 cm³/mol. The minimum atomic E-state index is 0.963. The lowest BCUT2D eigenvalue weighted by atomic mass is 10.1. The summed E-state index contributed by atoms with van der Waals surface area (Å²) in [6, 6.07) is 10.4. The molecule has 0 aliphatic carbocycles. The van der Waals surface area contributed by atoms with Gasteiger partial charge in [0.05, 0.1) is 0 Å². The Morgan fingerprint density at radius 3 is 2.69 bits per heavy atom. The second-order valence-electron chi connectivity index (χ2n) is 2.77. The molecule has 0 N–H and O–H groups in total. The first-order valence-electron chi connectivity index (χ1n) is 4.17. The van der Waals surface area contributed by atoms with Crippen LogP contribution in [0.2, 0.25) is 0 Å². The molecule has 3 heteroatoms. The normalized spacial score (nSPS) is 10.2. The maximum absolute atomic E-state index is 3.94. The van der Waals surface area contributed by atoms with Gasteiger partial charge in [0.25, 0.3) is 0 Å². The quantitative estimate of drug-likeness (QED) is 0.739. The first-order chi connectivity index (χ1) is 6.45. The van der Waals surface area contributed by atoms with Crippen LogP contribution in [0.1, 0.15) is 10.6 Å². The number of nitrogens with zero attached hydrogens (tertiary/aromatic N) is 2. The molecule has 0 fully saturated rings. The second-order valence-corrected chi connectivity index (χ2v) is 3.63. The van der Waals surface area contributed by atoms with E-state index < -0.39 is 0 Å². The molecule has 1 aromatic carbocycles. The van der Waals surface area contributed by atoms with Crippen LogP contribution >= 0.6 is 11.3 Å².